The Bertz CT molecular complexity index is 711. The Labute approximate surface area is 143 Å². The number of hydrogen-bond acceptors (Lipinski definition) is 4. The minimum Gasteiger partial charge on any atom is -0.302 e. The summed E-state index contributed by atoms with van der Waals surface area (Å²) in [6.07, 6.45) is 0. The number of phosphoric ester groups is 1. The molecule has 0 aliphatic carbocycles. The molecule has 0 bridgehead atoms. The molecule has 0 spiro atoms. The van der Waals surface area contributed by atoms with E-state index >= 15 is 0 Å². The van der Waals surface area contributed by atoms with Gasteiger partial charge in [-0.2, -0.15) is 0 Å². The van der Waals surface area contributed by atoms with E-state index in [-0.39, 0.29) is 6.61 Å². The van der Waals surface area contributed by atoms with Crippen LogP contribution in [0.1, 0.15) is 6.92 Å². The van der Waals surface area contributed by atoms with E-state index in [2.05, 4.69) is 4.52 Å². The molecule has 4 nitrogen and oxygen atoms in total. The van der Waals surface area contributed by atoms with Gasteiger partial charge < -0.3 is 4.89 Å². The molecular formula is C14H13Cl2O4PS. The first kappa shape index (κ1) is 17.8. The van der Waals surface area contributed by atoms with E-state index in [0.29, 0.717) is 14.9 Å². The van der Waals surface area contributed by atoms with Crippen LogP contribution in [-0.4, -0.2) is 11.5 Å². The summed E-state index contributed by atoms with van der Waals surface area (Å²) in [5.74, 6) is 0. The summed E-state index contributed by atoms with van der Waals surface area (Å²) in [7, 11) is -4.08. The first-order valence-electron chi connectivity index (χ1n) is 6.31. The van der Waals surface area contributed by atoms with Crippen LogP contribution in [0, 0.1) is 0 Å². The molecule has 0 aliphatic rings. The fourth-order valence-corrected chi connectivity index (χ4v) is 3.85. The number of rotatable bonds is 6. The average molecular weight is 379 g/mol. The van der Waals surface area contributed by atoms with Crippen LogP contribution in [0.2, 0.25) is 10.0 Å². The van der Waals surface area contributed by atoms with Crippen molar-refractivity contribution >= 4 is 43.1 Å². The predicted octanol–water partition coefficient (Wildman–Crippen LogP) is 5.82. The number of halogens is 2. The predicted molar refractivity (Wildman–Crippen MR) is 90.3 cm³/mol. The second-order valence-electron chi connectivity index (χ2n) is 4.16. The highest BCUT2D eigenvalue weighted by molar-refractivity contribution is 7.98. The van der Waals surface area contributed by atoms with Crippen molar-refractivity contribution in [3.05, 3.63) is 52.5 Å². The summed E-state index contributed by atoms with van der Waals surface area (Å²) >= 11 is 12.9. The molecule has 2 aromatic carbocycles. The maximum absolute atomic E-state index is 11.6. The van der Waals surface area contributed by atoms with Crippen molar-refractivity contribution in [2.45, 2.75) is 11.8 Å². The molecular weight excluding hydrogens is 366 g/mol. The lowest BCUT2D eigenvalue weighted by Crippen LogP contribution is -1.90. The van der Waals surface area contributed by atoms with Gasteiger partial charge in [-0.1, -0.05) is 47.5 Å². The zero-order valence-electron chi connectivity index (χ0n) is 11.5. The molecule has 0 saturated carbocycles. The topological polar surface area (TPSA) is 55.8 Å². The lowest BCUT2D eigenvalue weighted by Gasteiger charge is -2.13. The molecule has 1 N–H and O–H groups in total. The fourth-order valence-electron chi connectivity index (χ4n) is 1.74. The van der Waals surface area contributed by atoms with E-state index in [9.17, 15) is 9.46 Å². The SMILES string of the molecule is CCOP(=O)(O)OSc1ccccc1-c1ccc(Cl)cc1Cl. The van der Waals surface area contributed by atoms with E-state index in [1.165, 1.54) is 0 Å². The second kappa shape index (κ2) is 7.84. The summed E-state index contributed by atoms with van der Waals surface area (Å²) < 4.78 is 21.2. The molecule has 0 aromatic heterocycles. The van der Waals surface area contributed by atoms with Crippen LogP contribution in [0.4, 0.5) is 0 Å². The number of phosphoric acid groups is 1. The maximum Gasteiger partial charge on any atom is 0.483 e. The van der Waals surface area contributed by atoms with Crippen LogP contribution in [-0.2, 0) is 13.1 Å². The van der Waals surface area contributed by atoms with Gasteiger partial charge >= 0.3 is 7.82 Å². The lowest BCUT2D eigenvalue weighted by molar-refractivity contribution is 0.222. The van der Waals surface area contributed by atoms with Crippen molar-refractivity contribution in [1.82, 2.24) is 0 Å². The summed E-state index contributed by atoms with van der Waals surface area (Å²) in [5, 5.41) is 1.02. The molecule has 8 heteroatoms. The number of hydrogen-bond donors (Lipinski definition) is 1. The standard InChI is InChI=1S/C14H13Cl2O4PS/c1-2-19-21(17,18)20-22-14-6-4-3-5-12(14)11-8-7-10(15)9-13(11)16/h3-9H,2H2,1H3,(H,17,18). The summed E-state index contributed by atoms with van der Waals surface area (Å²) in [4.78, 5) is 10.1. The molecule has 0 heterocycles. The molecule has 2 rings (SSSR count). The van der Waals surface area contributed by atoms with Crippen molar-refractivity contribution in [1.29, 1.82) is 0 Å². The first-order chi connectivity index (χ1) is 10.4. The smallest absolute Gasteiger partial charge is 0.302 e. The quantitative estimate of drug-likeness (QED) is 0.506. The molecule has 118 valence electrons. The number of benzene rings is 2. The largest absolute Gasteiger partial charge is 0.483 e. The van der Waals surface area contributed by atoms with Crippen LogP contribution in [0.5, 0.6) is 0 Å². The van der Waals surface area contributed by atoms with Gasteiger partial charge in [0.05, 0.1) is 6.61 Å². The van der Waals surface area contributed by atoms with E-state index in [4.69, 9.17) is 27.2 Å². The fraction of sp³-hybridized carbons (Fsp3) is 0.143. The van der Waals surface area contributed by atoms with E-state index in [1.54, 1.807) is 37.3 Å². The van der Waals surface area contributed by atoms with Crippen molar-refractivity contribution < 1.29 is 18.0 Å². The first-order valence-corrected chi connectivity index (χ1v) is 9.30. The van der Waals surface area contributed by atoms with Gasteiger partial charge in [-0.25, -0.2) is 8.54 Å². The van der Waals surface area contributed by atoms with Gasteiger partial charge in [-0.15, -0.1) is 0 Å². The Morgan fingerprint density at radius 3 is 2.59 bits per heavy atom. The maximum atomic E-state index is 11.6. The van der Waals surface area contributed by atoms with Crippen molar-refractivity contribution in [2.75, 3.05) is 6.61 Å². The molecule has 0 radical (unpaired) electrons. The highest BCUT2D eigenvalue weighted by Crippen LogP contribution is 2.50. The summed E-state index contributed by atoms with van der Waals surface area (Å²) in [6, 6.07) is 12.4. The summed E-state index contributed by atoms with van der Waals surface area (Å²) in [5.41, 5.74) is 1.52. The van der Waals surface area contributed by atoms with Crippen molar-refractivity contribution in [3.8, 4) is 11.1 Å². The molecule has 0 amide bonds. The minimum atomic E-state index is -4.08. The van der Waals surface area contributed by atoms with Gasteiger partial charge in [-0.3, -0.25) is 4.52 Å². The average Bonchev–Trinajstić information content (AvgIpc) is 2.46. The molecule has 0 aliphatic heterocycles. The van der Waals surface area contributed by atoms with Crippen LogP contribution in [0.25, 0.3) is 11.1 Å². The molecule has 0 fully saturated rings. The van der Waals surface area contributed by atoms with Crippen LogP contribution in [0.15, 0.2) is 47.4 Å². The Balaban J connectivity index is 2.29. The Hall–Kier alpha value is -0.520. The Kier molecular flexibility index (Phi) is 6.36. The molecule has 0 saturated heterocycles. The van der Waals surface area contributed by atoms with Gasteiger partial charge in [0.25, 0.3) is 0 Å². The third kappa shape index (κ3) is 4.74. The summed E-state index contributed by atoms with van der Waals surface area (Å²) in [6.45, 7) is 1.69. The lowest BCUT2D eigenvalue weighted by atomic mass is 10.1. The van der Waals surface area contributed by atoms with Crippen LogP contribution in [0.3, 0.4) is 0 Å². The molecule has 1 unspecified atom stereocenters. The highest BCUT2D eigenvalue weighted by atomic mass is 35.5. The van der Waals surface area contributed by atoms with Gasteiger partial charge in [-0.05, 0) is 30.7 Å². The zero-order chi connectivity index (χ0) is 16.2. The highest BCUT2D eigenvalue weighted by Gasteiger charge is 2.22. The van der Waals surface area contributed by atoms with Crippen LogP contribution >= 0.6 is 43.1 Å². The molecule has 22 heavy (non-hydrogen) atoms. The molecule has 2 aromatic rings. The molecule has 1 atom stereocenters. The Morgan fingerprint density at radius 2 is 1.91 bits per heavy atom. The van der Waals surface area contributed by atoms with Gasteiger partial charge in [0.1, 0.15) is 0 Å². The minimum absolute atomic E-state index is 0.0823. The van der Waals surface area contributed by atoms with E-state index < -0.39 is 7.82 Å². The van der Waals surface area contributed by atoms with Gasteiger partial charge in [0, 0.05) is 32.5 Å². The van der Waals surface area contributed by atoms with E-state index in [1.807, 2.05) is 12.1 Å². The monoisotopic (exact) mass is 378 g/mol. The van der Waals surface area contributed by atoms with Crippen molar-refractivity contribution in [3.63, 3.8) is 0 Å². The normalized spacial score (nSPS) is 13.8. The van der Waals surface area contributed by atoms with Gasteiger partial charge in [0.2, 0.25) is 0 Å². The second-order valence-corrected chi connectivity index (χ2v) is 7.41. The van der Waals surface area contributed by atoms with E-state index in [0.717, 1.165) is 23.2 Å². The van der Waals surface area contributed by atoms with Crippen LogP contribution < -0.4 is 0 Å². The Morgan fingerprint density at radius 1 is 1.18 bits per heavy atom. The van der Waals surface area contributed by atoms with Crippen molar-refractivity contribution in [2.24, 2.45) is 0 Å². The zero-order valence-corrected chi connectivity index (χ0v) is 14.8. The van der Waals surface area contributed by atoms with Gasteiger partial charge in [0.15, 0.2) is 0 Å². The third-order valence-corrected chi connectivity index (χ3v) is 5.34. The third-order valence-electron chi connectivity index (χ3n) is 2.62.